The summed E-state index contributed by atoms with van der Waals surface area (Å²) in [7, 11) is 0. The Morgan fingerprint density at radius 1 is 0.432 bits per heavy atom. The Morgan fingerprint density at radius 3 is 1.98 bits per heavy atom. The molecule has 0 nitrogen and oxygen atoms in total. The second kappa shape index (κ2) is 8.56. The molecule has 0 atom stereocenters. The summed E-state index contributed by atoms with van der Waals surface area (Å²) in [5, 5.41) is 10.7. The van der Waals surface area contributed by atoms with E-state index in [-0.39, 0.29) is 5.41 Å². The molecule has 1 aliphatic carbocycles. The molecule has 0 radical (unpaired) electrons. The first kappa shape index (κ1) is 24.5. The normalized spacial score (nSPS) is 13.9. The van der Waals surface area contributed by atoms with Crippen molar-refractivity contribution in [1.29, 1.82) is 0 Å². The fourth-order valence-corrected chi connectivity index (χ4v) is 9.38. The molecule has 8 aromatic carbocycles. The van der Waals surface area contributed by atoms with Crippen LogP contribution in [0.15, 0.2) is 133 Å². The van der Waals surface area contributed by atoms with Crippen LogP contribution in [-0.2, 0) is 5.41 Å². The van der Waals surface area contributed by atoms with E-state index in [0.717, 1.165) is 0 Å². The molecule has 1 aromatic heterocycles. The molecule has 0 aliphatic heterocycles. The third-order valence-corrected chi connectivity index (χ3v) is 11.4. The van der Waals surface area contributed by atoms with E-state index < -0.39 is 0 Å². The Kier molecular flexibility index (Phi) is 4.76. The van der Waals surface area contributed by atoms with E-state index in [1.165, 1.54) is 97.0 Å². The molecule has 1 heterocycles. The molecule has 0 bridgehead atoms. The van der Waals surface area contributed by atoms with Crippen LogP contribution in [0.3, 0.4) is 0 Å². The summed E-state index contributed by atoms with van der Waals surface area (Å²) in [4.78, 5) is 0. The third kappa shape index (κ3) is 3.12. The van der Waals surface area contributed by atoms with Crippen LogP contribution in [0.2, 0.25) is 0 Å². The summed E-state index contributed by atoms with van der Waals surface area (Å²) in [5.41, 5.74) is 10.8. The fourth-order valence-electron chi connectivity index (χ4n) is 8.12. The van der Waals surface area contributed by atoms with E-state index in [1.807, 2.05) is 11.3 Å². The summed E-state index contributed by atoms with van der Waals surface area (Å²) < 4.78 is 2.70. The largest absolute Gasteiger partial charge is 0.135 e. The van der Waals surface area contributed by atoms with Crippen LogP contribution in [0.5, 0.6) is 0 Å². The van der Waals surface area contributed by atoms with Gasteiger partial charge in [-0.2, -0.15) is 0 Å². The molecular formula is C43H28S. The molecule has 9 aromatic rings. The molecule has 0 amide bonds. The number of hydrogen-bond donors (Lipinski definition) is 0. The first-order valence-corrected chi connectivity index (χ1v) is 16.3. The predicted molar refractivity (Wildman–Crippen MR) is 191 cm³/mol. The van der Waals surface area contributed by atoms with Crippen LogP contribution in [-0.4, -0.2) is 0 Å². The van der Waals surface area contributed by atoms with Crippen molar-refractivity contribution >= 4 is 63.8 Å². The zero-order valence-corrected chi connectivity index (χ0v) is 25.4. The van der Waals surface area contributed by atoms with Gasteiger partial charge in [0, 0.05) is 31.2 Å². The maximum Gasteiger partial charge on any atom is 0.0440 e. The van der Waals surface area contributed by atoms with Crippen LogP contribution in [0, 0.1) is 0 Å². The summed E-state index contributed by atoms with van der Waals surface area (Å²) in [6.45, 7) is 4.74. The number of hydrogen-bond acceptors (Lipinski definition) is 1. The molecule has 1 aliphatic rings. The van der Waals surface area contributed by atoms with Gasteiger partial charge in [-0.3, -0.25) is 0 Å². The first-order valence-electron chi connectivity index (χ1n) is 15.4. The van der Waals surface area contributed by atoms with E-state index >= 15 is 0 Å². The summed E-state index contributed by atoms with van der Waals surface area (Å²) >= 11 is 1.93. The topological polar surface area (TPSA) is 0 Å². The van der Waals surface area contributed by atoms with Gasteiger partial charge in [0.05, 0.1) is 0 Å². The molecule has 0 saturated carbocycles. The Morgan fingerprint density at radius 2 is 1.09 bits per heavy atom. The smallest absolute Gasteiger partial charge is 0.0440 e. The monoisotopic (exact) mass is 576 g/mol. The molecule has 206 valence electrons. The van der Waals surface area contributed by atoms with Gasteiger partial charge in [0.2, 0.25) is 0 Å². The molecule has 0 saturated heterocycles. The highest BCUT2D eigenvalue weighted by molar-refractivity contribution is 7.26. The highest BCUT2D eigenvalue weighted by Crippen LogP contribution is 2.52. The van der Waals surface area contributed by atoms with Crippen LogP contribution in [0.25, 0.3) is 85.9 Å². The lowest BCUT2D eigenvalue weighted by molar-refractivity contribution is 0.660. The Bertz CT molecular complexity index is 2610. The first-order chi connectivity index (χ1) is 21.6. The van der Waals surface area contributed by atoms with Crippen LogP contribution in [0.4, 0.5) is 0 Å². The zero-order chi connectivity index (χ0) is 29.2. The zero-order valence-electron chi connectivity index (χ0n) is 24.6. The molecular weight excluding hydrogens is 549 g/mol. The van der Waals surface area contributed by atoms with Crippen molar-refractivity contribution in [2.75, 3.05) is 0 Å². The molecule has 10 rings (SSSR count). The summed E-state index contributed by atoms with van der Waals surface area (Å²) in [6.07, 6.45) is 0. The van der Waals surface area contributed by atoms with Gasteiger partial charge in [0.25, 0.3) is 0 Å². The van der Waals surface area contributed by atoms with Gasteiger partial charge in [-0.1, -0.05) is 135 Å². The second-order valence-corrected chi connectivity index (χ2v) is 13.9. The molecule has 0 fully saturated rings. The third-order valence-electron chi connectivity index (χ3n) is 10.2. The van der Waals surface area contributed by atoms with E-state index in [1.54, 1.807) is 0 Å². The number of thiophene rings is 1. The van der Waals surface area contributed by atoms with Crippen molar-refractivity contribution in [2.24, 2.45) is 0 Å². The van der Waals surface area contributed by atoms with E-state index in [0.29, 0.717) is 0 Å². The van der Waals surface area contributed by atoms with Gasteiger partial charge in [-0.15, -0.1) is 11.3 Å². The van der Waals surface area contributed by atoms with Crippen molar-refractivity contribution in [3.8, 4) is 33.4 Å². The van der Waals surface area contributed by atoms with E-state index in [2.05, 4.69) is 147 Å². The van der Waals surface area contributed by atoms with Crippen LogP contribution in [0.1, 0.15) is 25.0 Å². The highest BCUT2D eigenvalue weighted by Gasteiger charge is 2.35. The van der Waals surface area contributed by atoms with Gasteiger partial charge in [-0.25, -0.2) is 0 Å². The number of fused-ring (bicyclic) bond motifs is 6. The minimum Gasteiger partial charge on any atom is -0.135 e. The van der Waals surface area contributed by atoms with Crippen molar-refractivity contribution < 1.29 is 0 Å². The molecule has 0 N–H and O–H groups in total. The lowest BCUT2D eigenvalue weighted by atomic mass is 9.81. The number of benzene rings is 8. The Labute approximate surface area is 260 Å². The minimum absolute atomic E-state index is 0.0283. The molecule has 0 unspecified atom stereocenters. The van der Waals surface area contributed by atoms with Crippen molar-refractivity contribution in [3.63, 3.8) is 0 Å². The minimum atomic E-state index is -0.0283. The Hall–Kier alpha value is -4.98. The average Bonchev–Trinajstić information content (AvgIpc) is 3.56. The van der Waals surface area contributed by atoms with Gasteiger partial charge in [-0.05, 0) is 83.4 Å². The van der Waals surface area contributed by atoms with Crippen molar-refractivity contribution in [1.82, 2.24) is 0 Å². The predicted octanol–water partition coefficient (Wildman–Crippen LogP) is 12.6. The molecule has 0 spiro atoms. The maximum absolute atomic E-state index is 2.46. The summed E-state index contributed by atoms with van der Waals surface area (Å²) in [5.74, 6) is 0. The van der Waals surface area contributed by atoms with Gasteiger partial charge < -0.3 is 0 Å². The van der Waals surface area contributed by atoms with Gasteiger partial charge in [0.1, 0.15) is 0 Å². The highest BCUT2D eigenvalue weighted by atomic mass is 32.1. The number of rotatable bonds is 2. The quantitative estimate of drug-likeness (QED) is 0.180. The van der Waals surface area contributed by atoms with Crippen LogP contribution < -0.4 is 0 Å². The lowest BCUT2D eigenvalue weighted by Gasteiger charge is -2.22. The van der Waals surface area contributed by atoms with Gasteiger partial charge in [0.15, 0.2) is 0 Å². The van der Waals surface area contributed by atoms with E-state index in [4.69, 9.17) is 0 Å². The van der Waals surface area contributed by atoms with Gasteiger partial charge >= 0.3 is 0 Å². The average molecular weight is 577 g/mol. The molecule has 1 heteroatoms. The maximum atomic E-state index is 2.46. The fraction of sp³-hybridized carbons (Fsp3) is 0.0698. The van der Waals surface area contributed by atoms with Crippen molar-refractivity contribution in [2.45, 2.75) is 19.3 Å². The molecule has 44 heavy (non-hydrogen) atoms. The van der Waals surface area contributed by atoms with E-state index in [9.17, 15) is 0 Å². The van der Waals surface area contributed by atoms with Crippen LogP contribution >= 0.6 is 11.3 Å². The second-order valence-electron chi connectivity index (χ2n) is 12.9. The Balaban J connectivity index is 1.26. The summed E-state index contributed by atoms with van der Waals surface area (Å²) in [6, 6.07) is 50.3. The van der Waals surface area contributed by atoms with Crippen molar-refractivity contribution in [3.05, 3.63) is 145 Å². The SMILES string of the molecule is CC1(C)c2ccccc2-c2ccc(-c3ccc(-c4ccc5ccc6cccc7ccc4c5c67)c4sc5ccccc5c34)cc21. The lowest BCUT2D eigenvalue weighted by Crippen LogP contribution is -2.14. The standard InChI is InChI=1S/C43H28S/c1-43(2)36-12-5-3-10-31(36)32-20-18-28(24-37(32)43)29-22-23-34(42-41(29)35-11-4-6-13-38(35)44-42)30-19-16-27-15-14-25-8-7-9-26-17-21-33(30)40(27)39(25)26/h3-24H,1-2H3.